The van der Waals surface area contributed by atoms with Crippen molar-refractivity contribution in [2.75, 3.05) is 53.2 Å². The van der Waals surface area contributed by atoms with Crippen molar-refractivity contribution < 1.29 is 28.9 Å². The Morgan fingerprint density at radius 3 is 2.52 bits per heavy atom. The summed E-state index contributed by atoms with van der Waals surface area (Å²) in [5, 5.41) is 14.6. The van der Waals surface area contributed by atoms with Crippen LogP contribution >= 0.6 is 0 Å². The lowest BCUT2D eigenvalue weighted by Crippen LogP contribution is -2.49. The Hall–Kier alpha value is -1.38. The van der Waals surface area contributed by atoms with Crippen molar-refractivity contribution in [1.29, 1.82) is 0 Å². The topological polar surface area (TPSA) is 106 Å². The molecule has 1 saturated heterocycles. The highest BCUT2D eigenvalue weighted by molar-refractivity contribution is 5.78. The number of carboxylic acids is 1. The van der Waals surface area contributed by atoms with Crippen LogP contribution in [0, 0.1) is 5.41 Å². The number of rotatable bonds is 9. The molecule has 0 aromatic carbocycles. The quantitative estimate of drug-likeness (QED) is 0.511. The average molecular weight is 304 g/mol. The van der Waals surface area contributed by atoms with Crippen LogP contribution in [0.25, 0.3) is 0 Å². The predicted molar refractivity (Wildman–Crippen MR) is 74.2 cm³/mol. The van der Waals surface area contributed by atoms with Crippen LogP contribution in [0.4, 0.5) is 4.79 Å². The molecule has 21 heavy (non-hydrogen) atoms. The largest absolute Gasteiger partial charge is 0.481 e. The van der Waals surface area contributed by atoms with Gasteiger partial charge in [0.25, 0.3) is 0 Å². The van der Waals surface area contributed by atoms with E-state index in [1.807, 2.05) is 0 Å². The molecule has 1 aliphatic rings. The molecular formula is C13H24N2O6. The second kappa shape index (κ2) is 9.54. The molecule has 0 aliphatic carbocycles. The molecular weight excluding hydrogens is 280 g/mol. The first-order valence-electron chi connectivity index (χ1n) is 7.00. The highest BCUT2D eigenvalue weighted by Gasteiger charge is 2.40. The maximum Gasteiger partial charge on any atom is 0.314 e. The van der Waals surface area contributed by atoms with Crippen molar-refractivity contribution in [2.45, 2.75) is 12.8 Å². The molecule has 122 valence electrons. The minimum Gasteiger partial charge on any atom is -0.481 e. The zero-order chi connectivity index (χ0) is 15.6. The molecule has 1 fully saturated rings. The van der Waals surface area contributed by atoms with E-state index in [-0.39, 0.29) is 6.54 Å². The average Bonchev–Trinajstić information content (AvgIpc) is 2.49. The Bertz CT molecular complexity index is 331. The van der Waals surface area contributed by atoms with E-state index >= 15 is 0 Å². The first-order chi connectivity index (χ1) is 10.1. The molecule has 0 aromatic heterocycles. The van der Waals surface area contributed by atoms with Crippen molar-refractivity contribution >= 4 is 12.0 Å². The van der Waals surface area contributed by atoms with Gasteiger partial charge in [-0.2, -0.15) is 0 Å². The molecule has 1 heterocycles. The maximum absolute atomic E-state index is 11.6. The van der Waals surface area contributed by atoms with E-state index in [0.29, 0.717) is 52.4 Å². The third kappa shape index (κ3) is 6.28. The first kappa shape index (κ1) is 17.7. The Labute approximate surface area is 124 Å². The zero-order valence-electron chi connectivity index (χ0n) is 12.4. The number of hydrogen-bond acceptors (Lipinski definition) is 5. The summed E-state index contributed by atoms with van der Waals surface area (Å²) >= 11 is 0. The summed E-state index contributed by atoms with van der Waals surface area (Å²) < 4.78 is 15.2. The standard InChI is InChI=1S/C13H24N2O6/c1-19-8-9-21-7-4-14-12(18)15-10-13(11(16)17)2-5-20-6-3-13/h2-10H2,1H3,(H,16,17)(H2,14,15,18). The third-order valence-corrected chi connectivity index (χ3v) is 3.45. The molecule has 0 saturated carbocycles. The number of nitrogens with one attached hydrogen (secondary N) is 2. The number of ether oxygens (including phenoxy) is 3. The number of carbonyl (C=O) groups is 2. The molecule has 0 radical (unpaired) electrons. The van der Waals surface area contributed by atoms with Crippen LogP contribution < -0.4 is 10.6 Å². The van der Waals surface area contributed by atoms with Crippen LogP contribution in [0.3, 0.4) is 0 Å². The summed E-state index contributed by atoms with van der Waals surface area (Å²) in [6.45, 7) is 2.64. The number of carboxylic acid groups (broad SMARTS) is 1. The van der Waals surface area contributed by atoms with Crippen LogP contribution in [0.2, 0.25) is 0 Å². The minimum absolute atomic E-state index is 0.0993. The summed E-state index contributed by atoms with van der Waals surface area (Å²) in [6, 6.07) is -0.391. The molecule has 0 aromatic rings. The molecule has 8 heteroatoms. The van der Waals surface area contributed by atoms with Crippen LogP contribution in [0.15, 0.2) is 0 Å². The summed E-state index contributed by atoms with van der Waals surface area (Å²) in [4.78, 5) is 23.0. The van der Waals surface area contributed by atoms with Crippen LogP contribution in [0.1, 0.15) is 12.8 Å². The summed E-state index contributed by atoms with van der Waals surface area (Å²) in [6.07, 6.45) is 0.811. The third-order valence-electron chi connectivity index (χ3n) is 3.45. The Morgan fingerprint density at radius 2 is 1.90 bits per heavy atom. The fourth-order valence-corrected chi connectivity index (χ4v) is 2.02. The van der Waals surface area contributed by atoms with Crippen LogP contribution in [-0.4, -0.2) is 70.3 Å². The number of urea groups is 1. The fourth-order valence-electron chi connectivity index (χ4n) is 2.02. The van der Waals surface area contributed by atoms with Gasteiger partial charge in [-0.3, -0.25) is 4.79 Å². The second-order valence-electron chi connectivity index (χ2n) is 4.91. The molecule has 1 aliphatic heterocycles. The van der Waals surface area contributed by atoms with Gasteiger partial charge < -0.3 is 30.0 Å². The fraction of sp³-hybridized carbons (Fsp3) is 0.846. The SMILES string of the molecule is COCCOCCNC(=O)NCC1(C(=O)O)CCOCC1. The Balaban J connectivity index is 2.20. The van der Waals surface area contributed by atoms with Gasteiger partial charge in [-0.1, -0.05) is 0 Å². The van der Waals surface area contributed by atoms with Gasteiger partial charge in [0.1, 0.15) is 0 Å². The van der Waals surface area contributed by atoms with Crippen LogP contribution in [-0.2, 0) is 19.0 Å². The lowest BCUT2D eigenvalue weighted by atomic mass is 9.80. The number of carbonyl (C=O) groups excluding carboxylic acids is 1. The van der Waals surface area contributed by atoms with Gasteiger partial charge in [0.15, 0.2) is 0 Å². The molecule has 2 amide bonds. The van der Waals surface area contributed by atoms with Crippen molar-refractivity contribution in [3.63, 3.8) is 0 Å². The van der Waals surface area contributed by atoms with E-state index in [9.17, 15) is 14.7 Å². The van der Waals surface area contributed by atoms with Gasteiger partial charge in [0.2, 0.25) is 0 Å². The molecule has 0 unspecified atom stereocenters. The predicted octanol–water partition coefficient (Wildman–Crippen LogP) is -0.170. The van der Waals surface area contributed by atoms with E-state index in [1.165, 1.54) is 0 Å². The molecule has 1 rings (SSSR count). The highest BCUT2D eigenvalue weighted by Crippen LogP contribution is 2.29. The Morgan fingerprint density at radius 1 is 1.19 bits per heavy atom. The summed E-state index contributed by atoms with van der Waals surface area (Å²) in [5.74, 6) is -0.894. The van der Waals surface area contributed by atoms with Gasteiger partial charge in [-0.05, 0) is 12.8 Å². The van der Waals surface area contributed by atoms with E-state index < -0.39 is 17.4 Å². The monoisotopic (exact) mass is 304 g/mol. The zero-order valence-corrected chi connectivity index (χ0v) is 12.4. The summed E-state index contributed by atoms with van der Waals surface area (Å²) in [5.41, 5.74) is -0.926. The summed E-state index contributed by atoms with van der Waals surface area (Å²) in [7, 11) is 1.59. The van der Waals surface area contributed by atoms with Crippen molar-refractivity contribution in [1.82, 2.24) is 10.6 Å². The molecule has 0 bridgehead atoms. The number of amides is 2. The highest BCUT2D eigenvalue weighted by atomic mass is 16.5. The van der Waals surface area contributed by atoms with Gasteiger partial charge in [0, 0.05) is 33.4 Å². The van der Waals surface area contributed by atoms with E-state index in [1.54, 1.807) is 7.11 Å². The number of methoxy groups -OCH3 is 1. The van der Waals surface area contributed by atoms with Gasteiger partial charge in [0.05, 0.1) is 25.2 Å². The van der Waals surface area contributed by atoms with Gasteiger partial charge >= 0.3 is 12.0 Å². The normalized spacial score (nSPS) is 17.2. The smallest absolute Gasteiger partial charge is 0.314 e. The van der Waals surface area contributed by atoms with Crippen molar-refractivity contribution in [2.24, 2.45) is 5.41 Å². The van der Waals surface area contributed by atoms with Crippen molar-refractivity contribution in [3.05, 3.63) is 0 Å². The van der Waals surface area contributed by atoms with Gasteiger partial charge in [-0.15, -0.1) is 0 Å². The molecule has 8 nitrogen and oxygen atoms in total. The van der Waals surface area contributed by atoms with Gasteiger partial charge in [-0.25, -0.2) is 4.79 Å². The maximum atomic E-state index is 11.6. The van der Waals surface area contributed by atoms with E-state index in [2.05, 4.69) is 10.6 Å². The van der Waals surface area contributed by atoms with Crippen LogP contribution in [0.5, 0.6) is 0 Å². The molecule has 0 atom stereocenters. The van der Waals surface area contributed by atoms with E-state index in [4.69, 9.17) is 14.2 Å². The van der Waals surface area contributed by atoms with Crippen molar-refractivity contribution in [3.8, 4) is 0 Å². The lowest BCUT2D eigenvalue weighted by Gasteiger charge is -2.33. The molecule has 3 N–H and O–H groups in total. The number of hydrogen-bond donors (Lipinski definition) is 3. The second-order valence-corrected chi connectivity index (χ2v) is 4.91. The van der Waals surface area contributed by atoms with E-state index in [0.717, 1.165) is 0 Å². The minimum atomic E-state index is -0.926. The Kier molecular flexibility index (Phi) is 8.03. The molecule has 0 spiro atoms. The lowest BCUT2D eigenvalue weighted by molar-refractivity contribution is -0.154. The number of aliphatic carboxylic acids is 1. The first-order valence-corrected chi connectivity index (χ1v) is 7.00.